The maximum Gasteiger partial charge on any atom is 0.218 e. The zero-order valence-electron chi connectivity index (χ0n) is 19.1. The number of anilines is 2. The molecule has 10 N–H and O–H groups in total. The average Bonchev–Trinajstić information content (AvgIpc) is 2.78. The summed E-state index contributed by atoms with van der Waals surface area (Å²) in [6.07, 6.45) is 3.68. The third-order valence-corrected chi connectivity index (χ3v) is 4.82. The van der Waals surface area contributed by atoms with Gasteiger partial charge in [0.25, 0.3) is 0 Å². The molecule has 0 aliphatic heterocycles. The lowest BCUT2D eigenvalue weighted by Gasteiger charge is -2.05. The number of nitrogens with one attached hydrogen (secondary N) is 2. The number of guanidine groups is 4. The van der Waals surface area contributed by atoms with Gasteiger partial charge in [-0.15, -0.1) is 0 Å². The van der Waals surface area contributed by atoms with Crippen molar-refractivity contribution in [1.82, 2.24) is 0 Å². The number of rotatable bonds is 9. The molecular formula is C22H30Cl2FN10-. The number of hydrogen-bond donors (Lipinski definition) is 6. The molecular weight excluding hydrogens is 494 g/mol. The summed E-state index contributed by atoms with van der Waals surface area (Å²) in [7, 11) is 0. The van der Waals surface area contributed by atoms with Crippen LogP contribution in [0, 0.1) is 0 Å². The van der Waals surface area contributed by atoms with Gasteiger partial charge in [0, 0.05) is 34.5 Å². The van der Waals surface area contributed by atoms with Gasteiger partial charge in [0.15, 0.2) is 0 Å². The summed E-state index contributed by atoms with van der Waals surface area (Å²) < 4.78 is 0. The van der Waals surface area contributed by atoms with Crippen molar-refractivity contribution in [2.45, 2.75) is 25.7 Å². The van der Waals surface area contributed by atoms with Crippen LogP contribution in [-0.4, -0.2) is 36.9 Å². The minimum atomic E-state index is 0. The molecule has 0 bridgehead atoms. The van der Waals surface area contributed by atoms with Crippen LogP contribution in [0.25, 0.3) is 0 Å². The average molecular weight is 524 g/mol. The van der Waals surface area contributed by atoms with Gasteiger partial charge in [0.2, 0.25) is 23.8 Å². The molecule has 190 valence electrons. The van der Waals surface area contributed by atoms with Crippen LogP contribution in [0.5, 0.6) is 0 Å². The molecule has 2 aromatic rings. The van der Waals surface area contributed by atoms with Gasteiger partial charge in [-0.3, -0.25) is 9.98 Å². The Bertz CT molecular complexity index is 938. The molecule has 2 aromatic carbocycles. The molecule has 0 unspecified atom stereocenters. The Morgan fingerprint density at radius 1 is 0.600 bits per heavy atom. The second-order valence-corrected chi connectivity index (χ2v) is 8.02. The molecule has 13 heteroatoms. The molecule has 0 saturated heterocycles. The van der Waals surface area contributed by atoms with Crippen LogP contribution in [0.1, 0.15) is 25.7 Å². The Hall–Kier alpha value is -3.57. The summed E-state index contributed by atoms with van der Waals surface area (Å²) in [5.41, 5.74) is 24.8. The molecule has 35 heavy (non-hydrogen) atoms. The minimum Gasteiger partial charge on any atom is -1.00 e. The van der Waals surface area contributed by atoms with Crippen molar-refractivity contribution < 1.29 is 4.70 Å². The summed E-state index contributed by atoms with van der Waals surface area (Å²) in [4.78, 5) is 16.5. The summed E-state index contributed by atoms with van der Waals surface area (Å²) in [5.74, 6) is 0.564. The highest BCUT2D eigenvalue weighted by Crippen LogP contribution is 2.13. The first kappa shape index (κ1) is 29.5. The van der Waals surface area contributed by atoms with E-state index in [1.165, 1.54) is 0 Å². The highest BCUT2D eigenvalue weighted by Gasteiger charge is 1.99. The third-order valence-electron chi connectivity index (χ3n) is 4.32. The largest absolute Gasteiger partial charge is 1.00 e. The lowest BCUT2D eigenvalue weighted by atomic mass is 10.2. The molecule has 0 spiro atoms. The van der Waals surface area contributed by atoms with Gasteiger partial charge in [-0.2, -0.15) is 9.98 Å². The lowest BCUT2D eigenvalue weighted by molar-refractivity contribution is -0.00000757. The standard InChI is InChI=1S/C22H30Cl2N10.FH/c23-15-5-9-17(10-6-15)31-21(27)33-19(25)29-13-3-1-2-4-14-30-20(26)34-22(28)32-18-11-7-16(24)8-12-18;/h5-12H,1-4,13-14H2,(H5,25,27,29,31,33)(H5,26,28,30,32,34);1H/p-1. The van der Waals surface area contributed by atoms with Gasteiger partial charge in [-0.1, -0.05) is 36.0 Å². The van der Waals surface area contributed by atoms with Crippen LogP contribution >= 0.6 is 23.2 Å². The molecule has 0 fully saturated rings. The van der Waals surface area contributed by atoms with Crippen molar-refractivity contribution in [3.8, 4) is 0 Å². The van der Waals surface area contributed by atoms with E-state index in [9.17, 15) is 0 Å². The highest BCUT2D eigenvalue weighted by atomic mass is 35.5. The van der Waals surface area contributed by atoms with Gasteiger partial charge >= 0.3 is 0 Å². The topological polar surface area (TPSA) is 178 Å². The molecule has 0 aliphatic carbocycles. The fourth-order valence-electron chi connectivity index (χ4n) is 2.70. The molecule has 10 nitrogen and oxygen atoms in total. The summed E-state index contributed by atoms with van der Waals surface area (Å²) >= 11 is 11.7. The SMILES string of the molecule is NC(=NCCCCCCN=C(N)/N=C(\N)Nc1ccc(Cl)cc1)/N=C(\N)Nc1ccc(Cl)cc1.[F-]. The van der Waals surface area contributed by atoms with Crippen molar-refractivity contribution in [1.29, 1.82) is 0 Å². The quantitative estimate of drug-likeness (QED) is 0.157. The van der Waals surface area contributed by atoms with E-state index in [1.807, 2.05) is 0 Å². The number of unbranched alkanes of at least 4 members (excludes halogenated alkanes) is 3. The van der Waals surface area contributed by atoms with E-state index >= 15 is 0 Å². The Morgan fingerprint density at radius 3 is 1.29 bits per heavy atom. The molecule has 0 atom stereocenters. The first-order valence-electron chi connectivity index (χ1n) is 10.6. The maximum atomic E-state index is 5.85. The predicted molar refractivity (Wildman–Crippen MR) is 145 cm³/mol. The zero-order chi connectivity index (χ0) is 24.8. The number of benzene rings is 2. The molecule has 2 rings (SSSR count). The van der Waals surface area contributed by atoms with Crippen LogP contribution in [0.4, 0.5) is 11.4 Å². The maximum absolute atomic E-state index is 5.85. The van der Waals surface area contributed by atoms with Crippen LogP contribution in [0.15, 0.2) is 68.5 Å². The van der Waals surface area contributed by atoms with Gasteiger partial charge in [-0.25, -0.2) is 0 Å². The van der Waals surface area contributed by atoms with Crippen LogP contribution < -0.4 is 38.3 Å². The molecule has 0 amide bonds. The van der Waals surface area contributed by atoms with Crippen molar-refractivity contribution in [2.75, 3.05) is 23.7 Å². The fraction of sp³-hybridized carbons (Fsp3) is 0.273. The first-order valence-corrected chi connectivity index (χ1v) is 11.4. The van der Waals surface area contributed by atoms with Gasteiger partial charge in [0.05, 0.1) is 0 Å². The molecule has 0 radical (unpaired) electrons. The Morgan fingerprint density at radius 2 is 0.943 bits per heavy atom. The van der Waals surface area contributed by atoms with E-state index in [4.69, 9.17) is 46.1 Å². The minimum absolute atomic E-state index is 0. The van der Waals surface area contributed by atoms with E-state index in [0.29, 0.717) is 23.1 Å². The number of hydrogen-bond acceptors (Lipinski definition) is 2. The number of halogens is 3. The van der Waals surface area contributed by atoms with Crippen LogP contribution in [0.2, 0.25) is 10.0 Å². The van der Waals surface area contributed by atoms with E-state index in [1.54, 1.807) is 48.5 Å². The van der Waals surface area contributed by atoms with Crippen molar-refractivity contribution >= 4 is 58.4 Å². The third kappa shape index (κ3) is 13.0. The van der Waals surface area contributed by atoms with Crippen molar-refractivity contribution in [2.24, 2.45) is 42.9 Å². The first-order chi connectivity index (χ1) is 16.3. The Labute approximate surface area is 214 Å². The monoisotopic (exact) mass is 523 g/mol. The van der Waals surface area contributed by atoms with Crippen LogP contribution in [0.3, 0.4) is 0 Å². The summed E-state index contributed by atoms with van der Waals surface area (Å²) in [6.45, 7) is 1.12. The number of nitrogens with two attached hydrogens (primary N) is 4. The van der Waals surface area contributed by atoms with Crippen molar-refractivity contribution in [3.05, 3.63) is 58.6 Å². The Balaban J connectivity index is 0.00000612. The van der Waals surface area contributed by atoms with Crippen molar-refractivity contribution in [3.63, 3.8) is 0 Å². The van der Waals surface area contributed by atoms with Gasteiger partial charge in [-0.05, 0) is 61.4 Å². The Kier molecular flexibility index (Phi) is 13.6. The lowest BCUT2D eigenvalue weighted by Crippen LogP contribution is -3.00. The molecule has 0 aliphatic rings. The predicted octanol–water partition coefficient (Wildman–Crippen LogP) is 0.341. The van der Waals surface area contributed by atoms with Crippen LogP contribution in [-0.2, 0) is 0 Å². The summed E-state index contributed by atoms with van der Waals surface area (Å²) in [5, 5.41) is 7.11. The highest BCUT2D eigenvalue weighted by molar-refractivity contribution is 6.31. The van der Waals surface area contributed by atoms with Gasteiger partial charge < -0.3 is 38.3 Å². The second kappa shape index (κ2) is 16.1. The molecule has 0 saturated carbocycles. The second-order valence-electron chi connectivity index (χ2n) is 7.15. The number of nitrogens with zero attached hydrogens (tertiary/aromatic N) is 4. The van der Waals surface area contributed by atoms with Gasteiger partial charge in [0.1, 0.15) is 0 Å². The molecule has 0 aromatic heterocycles. The van der Waals surface area contributed by atoms with E-state index in [0.717, 1.165) is 37.1 Å². The zero-order valence-corrected chi connectivity index (χ0v) is 20.6. The van der Waals surface area contributed by atoms with E-state index < -0.39 is 0 Å². The molecule has 0 heterocycles. The fourth-order valence-corrected chi connectivity index (χ4v) is 2.95. The smallest absolute Gasteiger partial charge is 0.218 e. The van der Waals surface area contributed by atoms with E-state index in [2.05, 4.69) is 30.6 Å². The number of aliphatic imine (C=N–C) groups is 4. The normalized spacial score (nSPS) is 12.7. The summed E-state index contributed by atoms with van der Waals surface area (Å²) in [6, 6.07) is 14.1. The van der Waals surface area contributed by atoms with E-state index in [-0.39, 0.29) is 28.5 Å².